The van der Waals surface area contributed by atoms with Crippen LogP contribution in [-0.4, -0.2) is 0 Å². The van der Waals surface area contributed by atoms with E-state index in [4.69, 9.17) is 11.6 Å². The molecule has 1 heteroatoms. The van der Waals surface area contributed by atoms with E-state index < -0.39 is 0 Å². The molecule has 0 unspecified atom stereocenters. The average Bonchev–Trinajstić information content (AvgIpc) is 2.85. The second kappa shape index (κ2) is 3.27. The lowest BCUT2D eigenvalue weighted by molar-refractivity contribution is 0.590. The first kappa shape index (κ1) is 10.0. The molecule has 0 nitrogen and oxygen atoms in total. The van der Waals surface area contributed by atoms with Gasteiger partial charge in [-0.1, -0.05) is 44.5 Å². The van der Waals surface area contributed by atoms with Crippen molar-refractivity contribution in [3.63, 3.8) is 0 Å². The van der Waals surface area contributed by atoms with Gasteiger partial charge in [0.25, 0.3) is 0 Å². The first-order chi connectivity index (χ1) is 6.48. The van der Waals surface area contributed by atoms with Gasteiger partial charge in [0.15, 0.2) is 0 Å². The van der Waals surface area contributed by atoms with Gasteiger partial charge in [0.1, 0.15) is 0 Å². The van der Waals surface area contributed by atoms with E-state index in [2.05, 4.69) is 39.0 Å². The lowest BCUT2D eigenvalue weighted by Crippen LogP contribution is -2.10. The molecular weight excluding hydrogens is 192 g/mol. The van der Waals surface area contributed by atoms with Crippen LogP contribution < -0.4 is 0 Å². The molecular formula is C13H17Cl. The highest BCUT2D eigenvalue weighted by molar-refractivity contribution is 6.31. The van der Waals surface area contributed by atoms with E-state index in [9.17, 15) is 0 Å². The van der Waals surface area contributed by atoms with Crippen molar-refractivity contribution in [2.24, 2.45) is 0 Å². The summed E-state index contributed by atoms with van der Waals surface area (Å²) in [5.74, 6) is 0.747. The van der Waals surface area contributed by atoms with Crippen LogP contribution in [0.2, 0.25) is 5.02 Å². The van der Waals surface area contributed by atoms with Crippen LogP contribution in [0.15, 0.2) is 18.2 Å². The molecule has 2 rings (SSSR count). The fourth-order valence-corrected chi connectivity index (χ4v) is 2.05. The predicted octanol–water partition coefficient (Wildman–Crippen LogP) is 4.51. The molecule has 0 radical (unpaired) electrons. The Bertz CT molecular complexity index is 343. The standard InChI is InChI=1S/C13H17Cl/c1-13(2,3)10-6-7-11(9-4-5-9)12(14)8-10/h6-9H,4-5H2,1-3H3. The van der Waals surface area contributed by atoms with Crippen LogP contribution in [0.5, 0.6) is 0 Å². The van der Waals surface area contributed by atoms with Crippen LogP contribution in [-0.2, 0) is 5.41 Å². The van der Waals surface area contributed by atoms with Gasteiger partial charge in [0.05, 0.1) is 0 Å². The molecule has 0 aromatic heterocycles. The quantitative estimate of drug-likeness (QED) is 0.637. The Labute approximate surface area is 91.3 Å². The zero-order valence-electron chi connectivity index (χ0n) is 9.10. The molecule has 1 aromatic rings. The highest BCUT2D eigenvalue weighted by Gasteiger charge is 2.26. The zero-order valence-corrected chi connectivity index (χ0v) is 9.86. The molecule has 1 aliphatic rings. The SMILES string of the molecule is CC(C)(C)c1ccc(C2CC2)c(Cl)c1. The zero-order chi connectivity index (χ0) is 10.3. The molecule has 0 aliphatic heterocycles. The molecule has 1 aliphatic carbocycles. The van der Waals surface area contributed by atoms with Gasteiger partial charge in [-0.2, -0.15) is 0 Å². The minimum absolute atomic E-state index is 0.200. The largest absolute Gasteiger partial charge is 0.0840 e. The highest BCUT2D eigenvalue weighted by atomic mass is 35.5. The van der Waals surface area contributed by atoms with Crippen LogP contribution in [0.1, 0.15) is 50.7 Å². The lowest BCUT2D eigenvalue weighted by Gasteiger charge is -2.20. The number of rotatable bonds is 1. The molecule has 0 spiro atoms. The summed E-state index contributed by atoms with van der Waals surface area (Å²) in [7, 11) is 0. The monoisotopic (exact) mass is 208 g/mol. The number of benzene rings is 1. The number of hydrogen-bond acceptors (Lipinski definition) is 0. The molecule has 0 atom stereocenters. The van der Waals surface area contributed by atoms with Crippen molar-refractivity contribution < 1.29 is 0 Å². The Kier molecular flexibility index (Phi) is 2.35. The maximum atomic E-state index is 6.27. The minimum atomic E-state index is 0.200. The fraction of sp³-hybridized carbons (Fsp3) is 0.538. The first-order valence-electron chi connectivity index (χ1n) is 5.28. The predicted molar refractivity (Wildman–Crippen MR) is 62.1 cm³/mol. The molecule has 76 valence electrons. The Balaban J connectivity index is 2.35. The molecule has 1 aromatic carbocycles. The lowest BCUT2D eigenvalue weighted by atomic mass is 9.86. The first-order valence-corrected chi connectivity index (χ1v) is 5.66. The molecule has 1 saturated carbocycles. The molecule has 0 saturated heterocycles. The summed E-state index contributed by atoms with van der Waals surface area (Å²) < 4.78 is 0. The van der Waals surface area contributed by atoms with Gasteiger partial charge >= 0.3 is 0 Å². The smallest absolute Gasteiger partial charge is 0.0443 e. The second-order valence-corrected chi connectivity index (χ2v) is 5.67. The van der Waals surface area contributed by atoms with E-state index in [1.165, 1.54) is 24.0 Å². The second-order valence-electron chi connectivity index (χ2n) is 5.26. The topological polar surface area (TPSA) is 0 Å². The molecule has 0 bridgehead atoms. The third kappa shape index (κ3) is 1.95. The van der Waals surface area contributed by atoms with E-state index >= 15 is 0 Å². The molecule has 1 fully saturated rings. The van der Waals surface area contributed by atoms with E-state index in [0.717, 1.165) is 10.9 Å². The van der Waals surface area contributed by atoms with Crippen LogP contribution >= 0.6 is 11.6 Å². The maximum Gasteiger partial charge on any atom is 0.0443 e. The third-order valence-electron chi connectivity index (χ3n) is 2.88. The van der Waals surface area contributed by atoms with Gasteiger partial charge in [0.2, 0.25) is 0 Å². The van der Waals surface area contributed by atoms with E-state index in [0.29, 0.717) is 0 Å². The van der Waals surface area contributed by atoms with Crippen LogP contribution in [0, 0.1) is 0 Å². The summed E-state index contributed by atoms with van der Waals surface area (Å²) in [5.41, 5.74) is 2.87. The average molecular weight is 209 g/mol. The van der Waals surface area contributed by atoms with Crippen molar-refractivity contribution in [2.75, 3.05) is 0 Å². The van der Waals surface area contributed by atoms with E-state index in [1.807, 2.05) is 0 Å². The number of hydrogen-bond donors (Lipinski definition) is 0. The summed E-state index contributed by atoms with van der Waals surface area (Å²) in [6.07, 6.45) is 2.63. The minimum Gasteiger partial charge on any atom is -0.0840 e. The van der Waals surface area contributed by atoms with E-state index in [-0.39, 0.29) is 5.41 Å². The van der Waals surface area contributed by atoms with Crippen LogP contribution in [0.25, 0.3) is 0 Å². The van der Waals surface area contributed by atoms with Crippen molar-refractivity contribution in [2.45, 2.75) is 44.9 Å². The Morgan fingerprint density at radius 3 is 2.29 bits per heavy atom. The molecule has 0 N–H and O–H groups in total. The van der Waals surface area contributed by atoms with Gasteiger partial charge in [-0.3, -0.25) is 0 Å². The molecule has 14 heavy (non-hydrogen) atoms. The van der Waals surface area contributed by atoms with Crippen LogP contribution in [0.4, 0.5) is 0 Å². The Morgan fingerprint density at radius 2 is 1.86 bits per heavy atom. The maximum absolute atomic E-state index is 6.27. The highest BCUT2D eigenvalue weighted by Crippen LogP contribution is 2.44. The summed E-state index contributed by atoms with van der Waals surface area (Å²) in [4.78, 5) is 0. The Morgan fingerprint density at radius 1 is 1.21 bits per heavy atom. The van der Waals surface area contributed by atoms with Crippen molar-refractivity contribution in [3.8, 4) is 0 Å². The van der Waals surface area contributed by atoms with Gasteiger partial charge in [0, 0.05) is 5.02 Å². The normalized spacial score (nSPS) is 17.1. The van der Waals surface area contributed by atoms with Gasteiger partial charge in [-0.15, -0.1) is 0 Å². The Hall–Kier alpha value is -0.490. The van der Waals surface area contributed by atoms with Crippen molar-refractivity contribution in [1.82, 2.24) is 0 Å². The third-order valence-corrected chi connectivity index (χ3v) is 3.21. The van der Waals surface area contributed by atoms with Crippen molar-refractivity contribution in [1.29, 1.82) is 0 Å². The van der Waals surface area contributed by atoms with Gasteiger partial charge < -0.3 is 0 Å². The summed E-state index contributed by atoms with van der Waals surface area (Å²) in [6, 6.07) is 6.56. The fourth-order valence-electron chi connectivity index (χ4n) is 1.72. The van der Waals surface area contributed by atoms with Crippen molar-refractivity contribution >= 4 is 11.6 Å². The summed E-state index contributed by atoms with van der Waals surface area (Å²) in [5, 5.41) is 0.958. The van der Waals surface area contributed by atoms with E-state index in [1.54, 1.807) is 0 Å². The molecule has 0 heterocycles. The van der Waals surface area contributed by atoms with Crippen molar-refractivity contribution in [3.05, 3.63) is 34.3 Å². The van der Waals surface area contributed by atoms with Crippen LogP contribution in [0.3, 0.4) is 0 Å². The number of halogens is 1. The van der Waals surface area contributed by atoms with Gasteiger partial charge in [-0.05, 0) is 41.4 Å². The summed E-state index contributed by atoms with van der Waals surface area (Å²) in [6.45, 7) is 6.65. The molecule has 0 amide bonds. The summed E-state index contributed by atoms with van der Waals surface area (Å²) >= 11 is 6.27. The van der Waals surface area contributed by atoms with Gasteiger partial charge in [-0.25, -0.2) is 0 Å².